The molecule has 4 aromatic rings. The Morgan fingerprint density at radius 1 is 0.850 bits per heavy atom. The number of halogens is 4. The van der Waals surface area contributed by atoms with Crippen LogP contribution >= 0.6 is 12.0 Å². The van der Waals surface area contributed by atoms with Crippen molar-refractivity contribution in [3.05, 3.63) is 95.3 Å². The molecule has 0 bridgehead atoms. The van der Waals surface area contributed by atoms with Gasteiger partial charge in [-0.3, -0.25) is 17.6 Å². The summed E-state index contributed by atoms with van der Waals surface area (Å²) in [6, 6.07) is 16.2. The summed E-state index contributed by atoms with van der Waals surface area (Å²) in [7, 11) is -3.01. The molecule has 0 aliphatic heterocycles. The van der Waals surface area contributed by atoms with E-state index < -0.39 is 48.3 Å². The molecule has 0 aliphatic rings. The first-order chi connectivity index (χ1) is 18.4. The number of aromatic nitrogens is 2. The second-order valence-corrected chi connectivity index (χ2v) is 11.5. The van der Waals surface area contributed by atoms with E-state index in [4.69, 9.17) is 0 Å². The molecule has 0 aliphatic carbocycles. The fourth-order valence-corrected chi connectivity index (χ4v) is 5.09. The zero-order valence-electron chi connectivity index (χ0n) is 21.3. The summed E-state index contributed by atoms with van der Waals surface area (Å²) in [5.41, 5.74) is -0.339. The molecule has 2 aromatic heterocycles. The van der Waals surface area contributed by atoms with E-state index in [9.17, 15) is 17.2 Å². The Balaban J connectivity index is 0.00000441. The molecule has 0 N–H and O–H groups in total. The van der Waals surface area contributed by atoms with E-state index in [0.717, 1.165) is 12.1 Å². The quantitative estimate of drug-likeness (QED) is 0.0687. The minimum atomic E-state index is -4.20. The number of rotatable bonds is 8. The topological polar surface area (TPSA) is 78.4 Å². The molecule has 2 heterocycles. The van der Waals surface area contributed by atoms with Crippen molar-refractivity contribution in [3.8, 4) is 22.5 Å². The van der Waals surface area contributed by atoms with Gasteiger partial charge in [0.05, 0.1) is 47.3 Å². The van der Waals surface area contributed by atoms with Crippen molar-refractivity contribution in [3.63, 3.8) is 0 Å². The summed E-state index contributed by atoms with van der Waals surface area (Å²) in [4.78, 5) is 12.0. The van der Waals surface area contributed by atoms with Crippen LogP contribution in [0.4, 0.5) is 17.6 Å². The third kappa shape index (κ3) is 6.31. The number of hydrogen-bond acceptors (Lipinski definition) is 7. The fourth-order valence-electron chi connectivity index (χ4n) is 3.80. The van der Waals surface area contributed by atoms with Crippen molar-refractivity contribution < 1.29 is 56.3 Å². The zero-order chi connectivity index (χ0) is 28.5. The van der Waals surface area contributed by atoms with E-state index in [1.54, 1.807) is 38.1 Å². The summed E-state index contributed by atoms with van der Waals surface area (Å²) in [5.74, 6) is -4.38. The van der Waals surface area contributed by atoms with Crippen LogP contribution in [0, 0.1) is 35.4 Å². The molecule has 0 unspecified atom stereocenters. The standard InChI is InChI=1S/C27H20F4N2O4S2.Pt/c1-27(2,21-9-5-7-19(32-21)15-11-13-17(28)25(23(15)30)38-37-36-3)22-10-6-8-20(33-22)16-12-14-18(29)26(24(16)31)39(4,34)35;/h5-10,13-14H,1-4H3;/q-2;+2. The van der Waals surface area contributed by atoms with Crippen LogP contribution in [0.25, 0.3) is 22.5 Å². The molecule has 0 saturated heterocycles. The second-order valence-electron chi connectivity index (χ2n) is 8.84. The molecule has 0 radical (unpaired) electrons. The Hall–Kier alpha value is -2.63. The molecule has 0 spiro atoms. The predicted molar refractivity (Wildman–Crippen MR) is 136 cm³/mol. The van der Waals surface area contributed by atoms with Gasteiger partial charge in [-0.15, -0.1) is 24.3 Å². The summed E-state index contributed by atoms with van der Waals surface area (Å²) >= 11 is 0.368. The normalized spacial score (nSPS) is 11.8. The number of pyridine rings is 2. The Morgan fingerprint density at radius 3 is 1.85 bits per heavy atom. The Morgan fingerprint density at radius 2 is 1.35 bits per heavy atom. The van der Waals surface area contributed by atoms with Crippen LogP contribution in [-0.2, 0) is 45.5 Å². The summed E-state index contributed by atoms with van der Waals surface area (Å²) in [6.07, 6.45) is 0.706. The molecule has 6 nitrogen and oxygen atoms in total. The van der Waals surface area contributed by atoms with Gasteiger partial charge in [0.25, 0.3) is 0 Å². The third-order valence-electron chi connectivity index (χ3n) is 5.81. The smallest absolute Gasteiger partial charge is 0.300 e. The third-order valence-corrected chi connectivity index (χ3v) is 7.67. The minimum absolute atomic E-state index is 0. The van der Waals surface area contributed by atoms with Crippen LogP contribution in [-0.4, -0.2) is 31.8 Å². The van der Waals surface area contributed by atoms with Gasteiger partial charge in [0.15, 0.2) is 9.84 Å². The van der Waals surface area contributed by atoms with Gasteiger partial charge < -0.3 is 9.97 Å². The van der Waals surface area contributed by atoms with Gasteiger partial charge in [0, 0.05) is 28.0 Å². The van der Waals surface area contributed by atoms with Gasteiger partial charge in [-0.2, -0.15) is 4.33 Å². The van der Waals surface area contributed by atoms with Crippen molar-refractivity contribution in [1.29, 1.82) is 0 Å². The molecule has 13 heteroatoms. The monoisotopic (exact) mass is 771 g/mol. The second kappa shape index (κ2) is 12.5. The van der Waals surface area contributed by atoms with Crippen LogP contribution in [0.2, 0.25) is 0 Å². The zero-order valence-corrected chi connectivity index (χ0v) is 25.2. The molecule has 212 valence electrons. The maximum absolute atomic E-state index is 15.1. The Labute approximate surface area is 247 Å². The van der Waals surface area contributed by atoms with E-state index in [1.807, 2.05) is 0 Å². The van der Waals surface area contributed by atoms with Gasteiger partial charge in [0.1, 0.15) is 0 Å². The van der Waals surface area contributed by atoms with E-state index in [1.165, 1.54) is 19.2 Å². The molecule has 0 amide bonds. The van der Waals surface area contributed by atoms with Gasteiger partial charge in [0.2, 0.25) is 0 Å². The first-order valence-corrected chi connectivity index (χ1v) is 13.8. The predicted octanol–water partition coefficient (Wildman–Crippen LogP) is 6.28. The van der Waals surface area contributed by atoms with E-state index in [0.29, 0.717) is 29.7 Å². The molecular weight excluding hydrogens is 752 g/mol. The number of hydrogen-bond donors (Lipinski definition) is 0. The first-order valence-electron chi connectivity index (χ1n) is 11.2. The van der Waals surface area contributed by atoms with Gasteiger partial charge in [-0.1, -0.05) is 35.4 Å². The van der Waals surface area contributed by atoms with Crippen LogP contribution in [0.5, 0.6) is 0 Å². The van der Waals surface area contributed by atoms with Crippen molar-refractivity contribution in [1.82, 2.24) is 9.97 Å². The van der Waals surface area contributed by atoms with E-state index >= 15 is 8.78 Å². The van der Waals surface area contributed by atoms with Crippen LogP contribution in [0.1, 0.15) is 25.2 Å². The van der Waals surface area contributed by atoms with Crippen molar-refractivity contribution in [2.24, 2.45) is 0 Å². The molecule has 0 fully saturated rings. The molecule has 0 saturated carbocycles. The molecule has 4 rings (SSSR count). The number of nitrogens with zero attached hydrogens (tertiary/aromatic N) is 2. The average molecular weight is 772 g/mol. The van der Waals surface area contributed by atoms with Crippen LogP contribution in [0.3, 0.4) is 0 Å². The summed E-state index contributed by atoms with van der Waals surface area (Å²) in [6.45, 7) is 3.55. The molecule has 40 heavy (non-hydrogen) atoms. The van der Waals surface area contributed by atoms with Crippen molar-refractivity contribution in [2.45, 2.75) is 29.1 Å². The van der Waals surface area contributed by atoms with E-state index in [-0.39, 0.29) is 43.6 Å². The van der Waals surface area contributed by atoms with Crippen molar-refractivity contribution in [2.75, 3.05) is 13.4 Å². The van der Waals surface area contributed by atoms with E-state index in [2.05, 4.69) is 31.3 Å². The fraction of sp³-hybridized carbons (Fsp3) is 0.185. The summed E-state index contributed by atoms with van der Waals surface area (Å²) < 4.78 is 87.0. The van der Waals surface area contributed by atoms with Gasteiger partial charge in [-0.25, -0.2) is 13.3 Å². The summed E-state index contributed by atoms with van der Waals surface area (Å²) in [5, 5.41) is 0. The van der Waals surface area contributed by atoms with Crippen LogP contribution in [0.15, 0.2) is 58.3 Å². The van der Waals surface area contributed by atoms with Gasteiger partial charge in [-0.05, 0) is 37.4 Å². The minimum Gasteiger partial charge on any atom is -0.300 e. The van der Waals surface area contributed by atoms with Crippen LogP contribution < -0.4 is 0 Å². The number of benzene rings is 2. The molecule has 0 atom stereocenters. The SMILES string of the molecule is COOSc1c(F)c[c-]c(-c2cccc(C(C)(C)c3cccc(-c4[c-]cc(F)c(S(C)(=O)=O)c4F)n3)n2)c1F.[Pt+2]. The largest absolute Gasteiger partial charge is 2.00 e. The maximum atomic E-state index is 15.1. The maximum Gasteiger partial charge on any atom is 2.00 e. The van der Waals surface area contributed by atoms with Crippen molar-refractivity contribution >= 4 is 21.9 Å². The van der Waals surface area contributed by atoms with Gasteiger partial charge >= 0.3 is 21.1 Å². The Kier molecular flexibility index (Phi) is 9.95. The number of sulfone groups is 1. The first kappa shape index (κ1) is 31.9. The molecule has 2 aromatic carbocycles. The average Bonchev–Trinajstić information content (AvgIpc) is 2.88. The Bertz CT molecular complexity index is 1670. The molecular formula is C27H20F4N2O4PtS2.